The minimum Gasteiger partial charge on any atom is -0.497 e. The largest absolute Gasteiger partial charge is 0.497 e. The molecule has 128 valence electrons. The lowest BCUT2D eigenvalue weighted by molar-refractivity contribution is -0.114. The Morgan fingerprint density at radius 2 is 1.88 bits per heavy atom. The molecule has 2 rings (SSSR count). The van der Waals surface area contributed by atoms with E-state index >= 15 is 0 Å². The molecule has 1 amide bonds. The van der Waals surface area contributed by atoms with Gasteiger partial charge in [0.1, 0.15) is 5.75 Å². The van der Waals surface area contributed by atoms with E-state index in [9.17, 15) is 9.90 Å². The van der Waals surface area contributed by atoms with Crippen LogP contribution in [0.4, 0.5) is 5.69 Å². The molecule has 5 nitrogen and oxygen atoms in total. The third-order valence-corrected chi connectivity index (χ3v) is 3.84. The van der Waals surface area contributed by atoms with Gasteiger partial charge in [-0.1, -0.05) is 24.3 Å². The van der Waals surface area contributed by atoms with Gasteiger partial charge in [0.05, 0.1) is 19.8 Å². The molecule has 0 fully saturated rings. The van der Waals surface area contributed by atoms with Crippen LogP contribution in [0.15, 0.2) is 48.5 Å². The molecule has 0 aliphatic carbocycles. The van der Waals surface area contributed by atoms with E-state index in [-0.39, 0.29) is 24.6 Å². The summed E-state index contributed by atoms with van der Waals surface area (Å²) >= 11 is 0. The van der Waals surface area contributed by atoms with Gasteiger partial charge >= 0.3 is 0 Å². The molecule has 0 bridgehead atoms. The Balaban J connectivity index is 2.14. The van der Waals surface area contributed by atoms with E-state index in [1.54, 1.807) is 7.11 Å². The van der Waals surface area contributed by atoms with Crippen molar-refractivity contribution in [1.29, 1.82) is 0 Å². The predicted octanol–water partition coefficient (Wildman–Crippen LogP) is 3.04. The number of aliphatic hydroxyl groups is 1. The summed E-state index contributed by atoms with van der Waals surface area (Å²) in [5, 5.41) is 15.9. The van der Waals surface area contributed by atoms with Crippen LogP contribution < -0.4 is 15.4 Å². The lowest BCUT2D eigenvalue weighted by Gasteiger charge is -2.23. The number of carbonyl (C=O) groups excluding carboxylic acids is 1. The van der Waals surface area contributed by atoms with Crippen molar-refractivity contribution in [1.82, 2.24) is 5.32 Å². The average Bonchev–Trinajstić information content (AvgIpc) is 2.59. The molecule has 0 saturated heterocycles. The molecule has 0 radical (unpaired) electrons. The number of hydrogen-bond donors (Lipinski definition) is 3. The maximum Gasteiger partial charge on any atom is 0.221 e. The summed E-state index contributed by atoms with van der Waals surface area (Å²) in [6.07, 6.45) is 0. The van der Waals surface area contributed by atoms with E-state index in [4.69, 9.17) is 4.74 Å². The fourth-order valence-corrected chi connectivity index (χ4v) is 2.60. The van der Waals surface area contributed by atoms with Gasteiger partial charge in [-0.3, -0.25) is 4.79 Å². The summed E-state index contributed by atoms with van der Waals surface area (Å²) in [5.74, 6) is 0.658. The summed E-state index contributed by atoms with van der Waals surface area (Å²) in [5.41, 5.74) is 2.75. The summed E-state index contributed by atoms with van der Waals surface area (Å²) in [4.78, 5) is 11.2. The topological polar surface area (TPSA) is 70.6 Å². The zero-order valence-electron chi connectivity index (χ0n) is 14.2. The van der Waals surface area contributed by atoms with Crippen molar-refractivity contribution in [2.24, 2.45) is 0 Å². The first-order chi connectivity index (χ1) is 11.5. The molecular formula is C19H24N2O3. The zero-order valence-corrected chi connectivity index (χ0v) is 14.2. The van der Waals surface area contributed by atoms with Gasteiger partial charge in [0.2, 0.25) is 5.91 Å². The SMILES string of the molecule is COc1cccc(C(CO)NC(C)c2cccc(NC(C)=O)c2)c1. The van der Waals surface area contributed by atoms with Crippen LogP contribution in [-0.2, 0) is 4.79 Å². The number of nitrogens with one attached hydrogen (secondary N) is 2. The Labute approximate surface area is 142 Å². The second kappa shape index (κ2) is 8.47. The molecule has 0 spiro atoms. The van der Waals surface area contributed by atoms with Crippen molar-refractivity contribution in [2.75, 3.05) is 19.0 Å². The highest BCUT2D eigenvalue weighted by Crippen LogP contribution is 2.24. The number of anilines is 1. The third kappa shape index (κ3) is 4.81. The van der Waals surface area contributed by atoms with Crippen LogP contribution in [0.5, 0.6) is 5.75 Å². The quantitative estimate of drug-likeness (QED) is 0.730. The molecule has 0 aliphatic heterocycles. The number of hydrogen-bond acceptors (Lipinski definition) is 4. The van der Waals surface area contributed by atoms with Crippen molar-refractivity contribution in [2.45, 2.75) is 25.9 Å². The standard InChI is InChI=1S/C19H24N2O3/c1-13(15-6-4-8-17(10-15)21-14(2)23)20-19(12-22)16-7-5-9-18(11-16)24-3/h4-11,13,19-20,22H,12H2,1-3H3,(H,21,23). The van der Waals surface area contributed by atoms with Crippen molar-refractivity contribution < 1.29 is 14.6 Å². The Bertz CT molecular complexity index is 688. The molecule has 0 saturated carbocycles. The minimum absolute atomic E-state index is 0.00191. The summed E-state index contributed by atoms with van der Waals surface area (Å²) in [6, 6.07) is 15.1. The Kier molecular flexibility index (Phi) is 6.35. The van der Waals surface area contributed by atoms with Crippen LogP contribution in [0, 0.1) is 0 Å². The molecule has 5 heteroatoms. The summed E-state index contributed by atoms with van der Waals surface area (Å²) < 4.78 is 5.24. The van der Waals surface area contributed by atoms with Crippen molar-refractivity contribution >= 4 is 11.6 Å². The molecule has 2 aromatic carbocycles. The van der Waals surface area contributed by atoms with Gasteiger partial charge in [-0.15, -0.1) is 0 Å². The van der Waals surface area contributed by atoms with Crippen LogP contribution in [0.2, 0.25) is 0 Å². The molecule has 2 aromatic rings. The average molecular weight is 328 g/mol. The fourth-order valence-electron chi connectivity index (χ4n) is 2.60. The van der Waals surface area contributed by atoms with E-state index in [1.165, 1.54) is 6.92 Å². The van der Waals surface area contributed by atoms with E-state index in [0.717, 1.165) is 22.6 Å². The second-order valence-corrected chi connectivity index (χ2v) is 5.71. The first-order valence-electron chi connectivity index (χ1n) is 7.92. The van der Waals surface area contributed by atoms with Gasteiger partial charge < -0.3 is 20.5 Å². The Hall–Kier alpha value is -2.37. The smallest absolute Gasteiger partial charge is 0.221 e. The van der Waals surface area contributed by atoms with Gasteiger partial charge in [-0.2, -0.15) is 0 Å². The van der Waals surface area contributed by atoms with E-state index in [2.05, 4.69) is 10.6 Å². The zero-order chi connectivity index (χ0) is 17.5. The number of amides is 1. The first kappa shape index (κ1) is 18.0. The number of aliphatic hydroxyl groups excluding tert-OH is 1. The highest BCUT2D eigenvalue weighted by atomic mass is 16.5. The molecule has 2 atom stereocenters. The van der Waals surface area contributed by atoms with Crippen LogP contribution in [0.1, 0.15) is 37.1 Å². The number of benzene rings is 2. The molecule has 24 heavy (non-hydrogen) atoms. The monoisotopic (exact) mass is 328 g/mol. The second-order valence-electron chi connectivity index (χ2n) is 5.71. The lowest BCUT2D eigenvalue weighted by Crippen LogP contribution is -2.27. The van der Waals surface area contributed by atoms with Gasteiger partial charge in [-0.05, 0) is 42.3 Å². The number of carbonyl (C=O) groups is 1. The summed E-state index contributed by atoms with van der Waals surface area (Å²) in [6.45, 7) is 3.48. The maximum atomic E-state index is 11.2. The van der Waals surface area contributed by atoms with Crippen LogP contribution >= 0.6 is 0 Å². The van der Waals surface area contributed by atoms with Crippen molar-refractivity contribution in [3.05, 3.63) is 59.7 Å². The number of rotatable bonds is 7. The molecular weight excluding hydrogens is 304 g/mol. The van der Waals surface area contributed by atoms with Gasteiger partial charge in [0.15, 0.2) is 0 Å². The Morgan fingerprint density at radius 3 is 2.54 bits per heavy atom. The van der Waals surface area contributed by atoms with E-state index in [1.807, 2.05) is 55.5 Å². The number of methoxy groups -OCH3 is 1. The van der Waals surface area contributed by atoms with E-state index in [0.29, 0.717) is 0 Å². The lowest BCUT2D eigenvalue weighted by atomic mass is 10.0. The normalized spacial score (nSPS) is 13.2. The van der Waals surface area contributed by atoms with Gasteiger partial charge in [0.25, 0.3) is 0 Å². The van der Waals surface area contributed by atoms with Gasteiger partial charge in [0, 0.05) is 18.7 Å². The Morgan fingerprint density at radius 1 is 1.17 bits per heavy atom. The third-order valence-electron chi connectivity index (χ3n) is 3.84. The molecule has 0 aliphatic rings. The van der Waals surface area contributed by atoms with E-state index < -0.39 is 0 Å². The molecule has 3 N–H and O–H groups in total. The van der Waals surface area contributed by atoms with Crippen LogP contribution in [-0.4, -0.2) is 24.7 Å². The minimum atomic E-state index is -0.209. The fraction of sp³-hybridized carbons (Fsp3) is 0.316. The number of ether oxygens (including phenoxy) is 1. The molecule has 0 aromatic heterocycles. The van der Waals surface area contributed by atoms with Crippen molar-refractivity contribution in [3.8, 4) is 5.75 Å². The first-order valence-corrected chi connectivity index (χ1v) is 7.92. The van der Waals surface area contributed by atoms with Crippen LogP contribution in [0.25, 0.3) is 0 Å². The highest BCUT2D eigenvalue weighted by Gasteiger charge is 2.15. The summed E-state index contributed by atoms with van der Waals surface area (Å²) in [7, 11) is 1.62. The van der Waals surface area contributed by atoms with Gasteiger partial charge in [-0.25, -0.2) is 0 Å². The molecule has 0 heterocycles. The van der Waals surface area contributed by atoms with Crippen LogP contribution in [0.3, 0.4) is 0 Å². The molecule has 2 unspecified atom stereocenters. The van der Waals surface area contributed by atoms with Crippen molar-refractivity contribution in [3.63, 3.8) is 0 Å². The predicted molar refractivity (Wildman–Crippen MR) is 95.1 cm³/mol. The maximum absolute atomic E-state index is 11.2. The highest BCUT2D eigenvalue weighted by molar-refractivity contribution is 5.88.